The lowest BCUT2D eigenvalue weighted by Gasteiger charge is -2.13. The summed E-state index contributed by atoms with van der Waals surface area (Å²) in [5.41, 5.74) is 7.73. The number of anilines is 2. The van der Waals surface area contributed by atoms with Gasteiger partial charge in [-0.05, 0) is 72.4 Å². The van der Waals surface area contributed by atoms with E-state index in [9.17, 15) is 12.8 Å². The van der Waals surface area contributed by atoms with Crippen molar-refractivity contribution in [2.45, 2.75) is 24.2 Å². The van der Waals surface area contributed by atoms with Gasteiger partial charge >= 0.3 is 0 Å². The van der Waals surface area contributed by atoms with E-state index in [0.29, 0.717) is 10.9 Å². The third-order valence-corrected chi connectivity index (χ3v) is 6.97. The van der Waals surface area contributed by atoms with Gasteiger partial charge in [-0.3, -0.25) is 4.72 Å². The molecule has 0 amide bonds. The molecule has 0 bridgehead atoms. The number of aromatic nitrogens is 2. The lowest BCUT2D eigenvalue weighted by molar-refractivity contribution is 0.587. The fourth-order valence-corrected chi connectivity index (χ4v) is 5.13. The summed E-state index contributed by atoms with van der Waals surface area (Å²) >= 11 is 0. The van der Waals surface area contributed by atoms with Crippen LogP contribution in [0.25, 0.3) is 22.0 Å². The number of nitrogens with zero attached hydrogens (tertiary/aromatic N) is 2. The van der Waals surface area contributed by atoms with Gasteiger partial charge < -0.3 is 5.73 Å². The van der Waals surface area contributed by atoms with Gasteiger partial charge in [-0.2, -0.15) is 0 Å². The van der Waals surface area contributed by atoms with E-state index in [1.165, 1.54) is 24.4 Å². The quantitative estimate of drug-likeness (QED) is 0.477. The van der Waals surface area contributed by atoms with Gasteiger partial charge in [0.25, 0.3) is 10.0 Å². The molecular formula is C23H18F2N4O2S. The topological polar surface area (TPSA) is 98.0 Å². The molecule has 0 saturated carbocycles. The summed E-state index contributed by atoms with van der Waals surface area (Å²) in [6, 6.07) is 11.6. The highest BCUT2D eigenvalue weighted by atomic mass is 32.2. The second-order valence-electron chi connectivity index (χ2n) is 7.68. The molecule has 0 radical (unpaired) electrons. The molecule has 4 aromatic rings. The van der Waals surface area contributed by atoms with Crippen molar-refractivity contribution in [1.29, 1.82) is 0 Å². The SMILES string of the molecule is Nc1ncc2cc(-c3c(F)ccc(NS(=O)(=O)c4ccc5c(c4)CCC5)c3F)ccc2n1. The molecule has 5 rings (SSSR count). The molecule has 0 unspecified atom stereocenters. The van der Waals surface area contributed by atoms with Crippen molar-refractivity contribution >= 4 is 32.6 Å². The van der Waals surface area contributed by atoms with Crippen molar-refractivity contribution in [2.75, 3.05) is 10.5 Å². The second kappa shape index (κ2) is 7.52. The number of halogens is 2. The summed E-state index contributed by atoms with van der Waals surface area (Å²) in [6.45, 7) is 0. The van der Waals surface area contributed by atoms with E-state index >= 15 is 4.39 Å². The van der Waals surface area contributed by atoms with Crippen LogP contribution in [0.2, 0.25) is 0 Å². The smallest absolute Gasteiger partial charge is 0.261 e. The normalized spacial score (nSPS) is 13.3. The average molecular weight is 452 g/mol. The highest BCUT2D eigenvalue weighted by Crippen LogP contribution is 2.33. The summed E-state index contributed by atoms with van der Waals surface area (Å²) < 4.78 is 58.0. The Morgan fingerprint density at radius 1 is 0.969 bits per heavy atom. The molecule has 0 saturated heterocycles. The minimum absolute atomic E-state index is 0.0452. The Kier molecular flexibility index (Phi) is 4.78. The standard InChI is InChI=1S/C23H18F2N4O2S/c24-18-7-9-20(29-32(30,31)17-6-4-13-2-1-3-14(13)11-17)22(25)21(18)15-5-8-19-16(10-15)12-27-23(26)28-19/h4-12,29H,1-3H2,(H2,26,27,28). The van der Waals surface area contributed by atoms with Crippen LogP contribution in [0.3, 0.4) is 0 Å². The fourth-order valence-electron chi connectivity index (χ4n) is 4.02. The van der Waals surface area contributed by atoms with Gasteiger partial charge in [-0.25, -0.2) is 27.2 Å². The second-order valence-corrected chi connectivity index (χ2v) is 9.36. The van der Waals surface area contributed by atoms with Crippen molar-refractivity contribution in [3.8, 4) is 11.1 Å². The van der Waals surface area contributed by atoms with Crippen LogP contribution >= 0.6 is 0 Å². The molecule has 1 heterocycles. The zero-order valence-corrected chi connectivity index (χ0v) is 17.6. The molecule has 1 aromatic heterocycles. The third kappa shape index (κ3) is 3.54. The first-order chi connectivity index (χ1) is 15.3. The van der Waals surface area contributed by atoms with Crippen LogP contribution in [0.4, 0.5) is 20.4 Å². The summed E-state index contributed by atoms with van der Waals surface area (Å²) in [6.07, 6.45) is 4.16. The molecule has 3 N–H and O–H groups in total. The number of hydrogen-bond donors (Lipinski definition) is 2. The Labute approximate surface area is 183 Å². The van der Waals surface area contributed by atoms with Crippen LogP contribution in [-0.2, 0) is 22.9 Å². The number of fused-ring (bicyclic) bond motifs is 2. The molecule has 1 aliphatic rings. The van der Waals surface area contributed by atoms with Crippen molar-refractivity contribution in [3.05, 3.63) is 77.5 Å². The molecule has 9 heteroatoms. The number of nitrogens with two attached hydrogens (primary N) is 1. The van der Waals surface area contributed by atoms with Gasteiger partial charge in [0.15, 0.2) is 5.82 Å². The Balaban J connectivity index is 1.54. The molecule has 6 nitrogen and oxygen atoms in total. The Hall–Kier alpha value is -3.59. The third-order valence-electron chi connectivity index (χ3n) is 5.60. The zero-order chi connectivity index (χ0) is 22.5. The summed E-state index contributed by atoms with van der Waals surface area (Å²) in [4.78, 5) is 8.01. The van der Waals surface area contributed by atoms with Gasteiger partial charge in [-0.15, -0.1) is 0 Å². The van der Waals surface area contributed by atoms with Crippen LogP contribution < -0.4 is 10.5 Å². The van der Waals surface area contributed by atoms with Gasteiger partial charge in [-0.1, -0.05) is 12.1 Å². The maximum absolute atomic E-state index is 15.3. The van der Waals surface area contributed by atoms with Crippen LogP contribution in [0.1, 0.15) is 17.5 Å². The van der Waals surface area contributed by atoms with E-state index in [0.717, 1.165) is 42.5 Å². The molecule has 1 aliphatic carbocycles. The maximum Gasteiger partial charge on any atom is 0.261 e. The van der Waals surface area contributed by atoms with Gasteiger partial charge in [0.2, 0.25) is 5.95 Å². The molecule has 0 aliphatic heterocycles. The highest BCUT2D eigenvalue weighted by Gasteiger charge is 2.23. The molecule has 162 valence electrons. The van der Waals surface area contributed by atoms with Gasteiger partial charge in [0, 0.05) is 11.6 Å². The van der Waals surface area contributed by atoms with Crippen LogP contribution in [0.15, 0.2) is 59.6 Å². The van der Waals surface area contributed by atoms with Crippen molar-refractivity contribution in [2.24, 2.45) is 0 Å². The van der Waals surface area contributed by atoms with Gasteiger partial charge in [0.05, 0.1) is 21.7 Å². The van der Waals surface area contributed by atoms with Crippen LogP contribution in [0, 0.1) is 11.6 Å². The van der Waals surface area contributed by atoms with E-state index in [1.54, 1.807) is 18.2 Å². The number of sulfonamides is 1. The number of rotatable bonds is 4. The maximum atomic E-state index is 15.3. The lowest BCUT2D eigenvalue weighted by atomic mass is 10.0. The average Bonchev–Trinajstić information content (AvgIpc) is 3.24. The van der Waals surface area contributed by atoms with Crippen molar-refractivity contribution in [1.82, 2.24) is 9.97 Å². The number of hydrogen-bond acceptors (Lipinski definition) is 5. The van der Waals surface area contributed by atoms with E-state index < -0.39 is 21.7 Å². The van der Waals surface area contributed by atoms with E-state index in [-0.39, 0.29) is 27.7 Å². The van der Waals surface area contributed by atoms with Crippen molar-refractivity contribution < 1.29 is 17.2 Å². The summed E-state index contributed by atoms with van der Waals surface area (Å²) in [5.74, 6) is -1.74. The molecule has 0 fully saturated rings. The summed E-state index contributed by atoms with van der Waals surface area (Å²) in [5, 5.41) is 0.541. The van der Waals surface area contributed by atoms with Crippen LogP contribution in [-0.4, -0.2) is 18.4 Å². The number of nitrogens with one attached hydrogen (secondary N) is 1. The first kappa shape index (κ1) is 20.3. The number of nitrogen functional groups attached to an aromatic ring is 1. The Morgan fingerprint density at radius 3 is 2.62 bits per heavy atom. The Bertz CT molecular complexity index is 1490. The van der Waals surface area contributed by atoms with Crippen LogP contribution in [0.5, 0.6) is 0 Å². The largest absolute Gasteiger partial charge is 0.368 e. The lowest BCUT2D eigenvalue weighted by Crippen LogP contribution is -2.15. The van der Waals surface area contributed by atoms with E-state index in [2.05, 4.69) is 14.7 Å². The molecule has 0 atom stereocenters. The monoisotopic (exact) mass is 452 g/mol. The minimum atomic E-state index is -4.05. The summed E-state index contributed by atoms with van der Waals surface area (Å²) in [7, 11) is -4.05. The first-order valence-corrected chi connectivity index (χ1v) is 11.5. The molecule has 0 spiro atoms. The fraction of sp³-hybridized carbons (Fsp3) is 0.130. The van der Waals surface area contributed by atoms with Crippen molar-refractivity contribution in [3.63, 3.8) is 0 Å². The predicted octanol–water partition coefficient (Wildman–Crippen LogP) is 4.45. The number of aryl methyl sites for hydroxylation is 2. The van der Waals surface area contributed by atoms with E-state index in [4.69, 9.17) is 5.73 Å². The minimum Gasteiger partial charge on any atom is -0.368 e. The first-order valence-electron chi connectivity index (χ1n) is 9.97. The zero-order valence-electron chi connectivity index (χ0n) is 16.8. The highest BCUT2D eigenvalue weighted by molar-refractivity contribution is 7.92. The number of benzene rings is 3. The van der Waals surface area contributed by atoms with Gasteiger partial charge in [0.1, 0.15) is 5.82 Å². The predicted molar refractivity (Wildman–Crippen MR) is 119 cm³/mol. The molecular weight excluding hydrogens is 434 g/mol. The van der Waals surface area contributed by atoms with E-state index in [1.807, 2.05) is 0 Å². The Morgan fingerprint density at radius 2 is 1.78 bits per heavy atom. The molecule has 3 aromatic carbocycles. The molecule has 32 heavy (non-hydrogen) atoms.